The van der Waals surface area contributed by atoms with E-state index in [1.165, 1.54) is 7.11 Å². The monoisotopic (exact) mass is 543 g/mol. The molecule has 10 nitrogen and oxygen atoms in total. The van der Waals surface area contributed by atoms with E-state index in [0.29, 0.717) is 34.3 Å². The lowest BCUT2D eigenvalue weighted by Crippen LogP contribution is -2.43. The number of hydrogen-bond acceptors (Lipinski definition) is 9. The van der Waals surface area contributed by atoms with Gasteiger partial charge >= 0.3 is 0 Å². The van der Waals surface area contributed by atoms with Crippen molar-refractivity contribution in [2.24, 2.45) is 0 Å². The Balaban J connectivity index is 1.84. The molecule has 206 valence electrons. The average Bonchev–Trinajstić information content (AvgIpc) is 3.34. The van der Waals surface area contributed by atoms with Crippen molar-refractivity contribution >= 4 is 9.84 Å². The molecule has 38 heavy (non-hydrogen) atoms. The molecule has 0 atom stereocenters. The first-order valence-electron chi connectivity index (χ1n) is 12.6. The molecule has 1 fully saturated rings. The van der Waals surface area contributed by atoms with Crippen LogP contribution in [0.25, 0.3) is 17.1 Å². The predicted octanol–water partition coefficient (Wildman–Crippen LogP) is 3.23. The zero-order valence-corrected chi connectivity index (χ0v) is 24.0. The highest BCUT2D eigenvalue weighted by atomic mass is 32.2. The molecule has 1 aliphatic heterocycles. The quantitative estimate of drug-likeness (QED) is 0.403. The Kier molecular flexibility index (Phi) is 8.29. The SMILES string of the molecule is COc1c(-c2nnc(S(C)(=O)=O)n2-c2ccc(CN3CCN(C)CC3)cc2)cc(C(C)C)c(OC)c1OC. The molecule has 4 rings (SSSR count). The van der Waals surface area contributed by atoms with E-state index in [2.05, 4.69) is 27.0 Å². The lowest BCUT2D eigenvalue weighted by molar-refractivity contribution is 0.148. The molecule has 1 aromatic heterocycles. The second-order valence-corrected chi connectivity index (χ2v) is 11.8. The smallest absolute Gasteiger partial charge is 0.254 e. The van der Waals surface area contributed by atoms with Crippen molar-refractivity contribution in [2.75, 3.05) is 60.8 Å². The summed E-state index contributed by atoms with van der Waals surface area (Å²) in [5, 5.41) is 8.28. The largest absolute Gasteiger partial charge is 0.492 e. The van der Waals surface area contributed by atoms with Gasteiger partial charge in [0.05, 0.1) is 26.9 Å². The van der Waals surface area contributed by atoms with Crippen LogP contribution in [0, 0.1) is 0 Å². The third-order valence-electron chi connectivity index (χ3n) is 6.86. The highest BCUT2D eigenvalue weighted by Gasteiger charge is 2.29. The molecule has 0 radical (unpaired) electrons. The van der Waals surface area contributed by atoms with Gasteiger partial charge < -0.3 is 19.1 Å². The molecule has 0 amide bonds. The van der Waals surface area contributed by atoms with E-state index in [9.17, 15) is 8.42 Å². The van der Waals surface area contributed by atoms with Crippen LogP contribution in [-0.2, 0) is 16.4 Å². The fraction of sp³-hybridized carbons (Fsp3) is 0.481. The van der Waals surface area contributed by atoms with Gasteiger partial charge in [-0.3, -0.25) is 9.47 Å². The Hall–Kier alpha value is -3.15. The molecule has 2 heterocycles. The van der Waals surface area contributed by atoms with Crippen LogP contribution >= 0.6 is 0 Å². The Labute approximate surface area is 225 Å². The number of benzene rings is 2. The Morgan fingerprint density at radius 1 is 0.895 bits per heavy atom. The predicted molar refractivity (Wildman–Crippen MR) is 146 cm³/mol. The first-order chi connectivity index (χ1) is 18.1. The molecule has 0 spiro atoms. The molecule has 11 heteroatoms. The number of ether oxygens (including phenoxy) is 3. The van der Waals surface area contributed by atoms with E-state index in [1.54, 1.807) is 18.8 Å². The number of piperazine rings is 1. The zero-order valence-electron chi connectivity index (χ0n) is 23.2. The molecule has 3 aromatic rings. The highest BCUT2D eigenvalue weighted by molar-refractivity contribution is 7.90. The lowest BCUT2D eigenvalue weighted by Gasteiger charge is -2.32. The molecular weight excluding hydrogens is 506 g/mol. The Morgan fingerprint density at radius 3 is 2.03 bits per heavy atom. The van der Waals surface area contributed by atoms with E-state index in [4.69, 9.17) is 14.2 Å². The van der Waals surface area contributed by atoms with Crippen molar-refractivity contribution in [3.63, 3.8) is 0 Å². The summed E-state index contributed by atoms with van der Waals surface area (Å²) in [5.41, 5.74) is 3.21. The second-order valence-electron chi connectivity index (χ2n) is 9.93. The number of rotatable bonds is 9. The third kappa shape index (κ3) is 5.50. The van der Waals surface area contributed by atoms with Crippen molar-refractivity contribution < 1.29 is 22.6 Å². The van der Waals surface area contributed by atoms with Gasteiger partial charge in [0, 0.05) is 50.2 Å². The molecule has 0 unspecified atom stereocenters. The zero-order chi connectivity index (χ0) is 27.6. The van der Waals surface area contributed by atoms with E-state index < -0.39 is 9.84 Å². The van der Waals surface area contributed by atoms with E-state index in [0.717, 1.165) is 50.1 Å². The summed E-state index contributed by atoms with van der Waals surface area (Å²) >= 11 is 0. The summed E-state index contributed by atoms with van der Waals surface area (Å²) in [6, 6.07) is 9.76. The highest BCUT2D eigenvalue weighted by Crippen LogP contribution is 2.48. The summed E-state index contributed by atoms with van der Waals surface area (Å²) in [6.07, 6.45) is 1.13. The molecule has 1 saturated heterocycles. The minimum atomic E-state index is -3.70. The summed E-state index contributed by atoms with van der Waals surface area (Å²) in [4.78, 5) is 4.75. The summed E-state index contributed by atoms with van der Waals surface area (Å²) in [5.74, 6) is 1.77. The van der Waals surface area contributed by atoms with Gasteiger partial charge in [-0.15, -0.1) is 10.2 Å². The molecule has 2 aromatic carbocycles. The number of likely N-dealkylation sites (N-methyl/N-ethyl adjacent to an activating group) is 1. The first kappa shape index (κ1) is 27.9. The maximum atomic E-state index is 12.8. The normalized spacial score (nSPS) is 15.2. The summed E-state index contributed by atoms with van der Waals surface area (Å²) < 4.78 is 44.2. The first-order valence-corrected chi connectivity index (χ1v) is 14.5. The maximum absolute atomic E-state index is 12.8. The molecule has 0 aliphatic carbocycles. The van der Waals surface area contributed by atoms with Gasteiger partial charge in [-0.05, 0) is 36.7 Å². The maximum Gasteiger partial charge on any atom is 0.254 e. The number of sulfone groups is 1. The number of aromatic nitrogens is 3. The molecule has 1 aliphatic rings. The van der Waals surface area contributed by atoms with Gasteiger partial charge in [-0.1, -0.05) is 26.0 Å². The van der Waals surface area contributed by atoms with Crippen LogP contribution in [0.2, 0.25) is 0 Å². The van der Waals surface area contributed by atoms with Gasteiger partial charge in [0.15, 0.2) is 17.3 Å². The fourth-order valence-corrected chi connectivity index (χ4v) is 5.48. The molecule has 0 bridgehead atoms. The number of nitrogens with zero attached hydrogens (tertiary/aromatic N) is 5. The van der Waals surface area contributed by atoms with Crippen LogP contribution < -0.4 is 14.2 Å². The molecular formula is C27H37N5O5S. The number of hydrogen-bond donors (Lipinski definition) is 0. The Morgan fingerprint density at radius 2 is 1.50 bits per heavy atom. The van der Waals surface area contributed by atoms with Gasteiger partial charge in [0.25, 0.3) is 5.16 Å². The second kappa shape index (κ2) is 11.3. The third-order valence-corrected chi connectivity index (χ3v) is 7.78. The van der Waals surface area contributed by atoms with Crippen molar-refractivity contribution in [1.29, 1.82) is 0 Å². The topological polar surface area (TPSA) is 99.0 Å². The van der Waals surface area contributed by atoms with Crippen molar-refractivity contribution in [3.8, 4) is 34.3 Å². The fourth-order valence-electron chi connectivity index (χ4n) is 4.77. The van der Waals surface area contributed by atoms with Crippen molar-refractivity contribution in [2.45, 2.75) is 31.5 Å². The van der Waals surface area contributed by atoms with Crippen LogP contribution in [0.1, 0.15) is 30.9 Å². The molecule has 0 saturated carbocycles. The van der Waals surface area contributed by atoms with Crippen LogP contribution in [0.15, 0.2) is 35.5 Å². The van der Waals surface area contributed by atoms with E-state index >= 15 is 0 Å². The van der Waals surface area contributed by atoms with Crippen LogP contribution in [-0.4, -0.2) is 93.8 Å². The summed E-state index contributed by atoms with van der Waals surface area (Å²) in [7, 11) is 3.09. The van der Waals surface area contributed by atoms with Gasteiger partial charge in [0.2, 0.25) is 15.6 Å². The molecule has 0 N–H and O–H groups in total. The van der Waals surface area contributed by atoms with Gasteiger partial charge in [-0.25, -0.2) is 8.42 Å². The van der Waals surface area contributed by atoms with Crippen LogP contribution in [0.4, 0.5) is 0 Å². The standard InChI is InChI=1S/C27H37N5O5S/c1-18(2)21-16-22(24(36-5)25(37-6)23(21)35-4)26-28-29-27(38(7,33)34)32(26)20-10-8-19(9-11-20)17-31-14-12-30(3)13-15-31/h8-11,16,18H,12-15,17H2,1-7H3. The van der Waals surface area contributed by atoms with Crippen molar-refractivity contribution in [3.05, 3.63) is 41.5 Å². The van der Waals surface area contributed by atoms with Gasteiger partial charge in [0.1, 0.15) is 0 Å². The van der Waals surface area contributed by atoms with Crippen LogP contribution in [0.5, 0.6) is 17.2 Å². The number of methoxy groups -OCH3 is 3. The van der Waals surface area contributed by atoms with Crippen LogP contribution in [0.3, 0.4) is 0 Å². The lowest BCUT2D eigenvalue weighted by atomic mass is 9.97. The average molecular weight is 544 g/mol. The van der Waals surface area contributed by atoms with E-state index in [1.807, 2.05) is 44.2 Å². The summed E-state index contributed by atoms with van der Waals surface area (Å²) in [6.45, 7) is 9.05. The minimum Gasteiger partial charge on any atom is -0.492 e. The van der Waals surface area contributed by atoms with Crippen molar-refractivity contribution in [1.82, 2.24) is 24.6 Å². The van der Waals surface area contributed by atoms with E-state index in [-0.39, 0.29) is 11.1 Å². The van der Waals surface area contributed by atoms with Gasteiger partial charge in [-0.2, -0.15) is 0 Å². The minimum absolute atomic E-state index is 0.0862. The Bertz CT molecular complexity index is 1380.